The van der Waals surface area contributed by atoms with Crippen LogP contribution in [-0.2, 0) is 14.8 Å². The highest BCUT2D eigenvalue weighted by atomic mass is 32.2. The number of likely N-dealkylation sites (tertiary alicyclic amines) is 1. The summed E-state index contributed by atoms with van der Waals surface area (Å²) in [7, 11) is -3.53. The van der Waals surface area contributed by atoms with Crippen LogP contribution in [-0.4, -0.2) is 44.7 Å². The zero-order chi connectivity index (χ0) is 17.6. The summed E-state index contributed by atoms with van der Waals surface area (Å²) in [4.78, 5) is 13.9. The van der Waals surface area contributed by atoms with Crippen molar-refractivity contribution in [2.75, 3.05) is 25.4 Å². The molecular formula is C16H23FN2O4S. The molecule has 0 aliphatic carbocycles. The molecule has 2 N–H and O–H groups in total. The highest BCUT2D eigenvalue weighted by molar-refractivity contribution is 7.89. The van der Waals surface area contributed by atoms with Gasteiger partial charge in [0.05, 0.1) is 12.4 Å². The van der Waals surface area contributed by atoms with E-state index in [0.717, 1.165) is 12.8 Å². The molecule has 1 heterocycles. The Hall–Kier alpha value is -1.67. The predicted octanol–water partition coefficient (Wildman–Crippen LogP) is 1.51. The maximum Gasteiger partial charge on any atom is 0.222 e. The first kappa shape index (κ1) is 18.7. The summed E-state index contributed by atoms with van der Waals surface area (Å²) in [5.74, 6) is 0.0753. The van der Waals surface area contributed by atoms with Gasteiger partial charge >= 0.3 is 0 Å². The number of ether oxygens (including phenoxy) is 1. The van der Waals surface area contributed by atoms with Crippen molar-refractivity contribution >= 4 is 15.9 Å². The first-order chi connectivity index (χ1) is 11.3. The summed E-state index contributed by atoms with van der Waals surface area (Å²) in [5.41, 5.74) is 0. The third-order valence-electron chi connectivity index (χ3n) is 3.97. The molecule has 1 aromatic carbocycles. The third kappa shape index (κ3) is 6.45. The molecule has 1 aromatic rings. The number of hydrogen-bond donors (Lipinski definition) is 1. The fourth-order valence-corrected chi connectivity index (χ4v) is 3.33. The van der Waals surface area contributed by atoms with Gasteiger partial charge in [-0.25, -0.2) is 17.9 Å². The molecule has 1 atom stereocenters. The summed E-state index contributed by atoms with van der Waals surface area (Å²) in [5, 5.41) is 4.93. The molecule has 134 valence electrons. The maximum atomic E-state index is 13.1. The highest BCUT2D eigenvalue weighted by Gasteiger charge is 2.24. The molecule has 1 fully saturated rings. The predicted molar refractivity (Wildman–Crippen MR) is 88.4 cm³/mol. The summed E-state index contributed by atoms with van der Waals surface area (Å²) in [6, 6.07) is 5.98. The van der Waals surface area contributed by atoms with Crippen LogP contribution < -0.4 is 9.88 Å². The molecule has 24 heavy (non-hydrogen) atoms. The van der Waals surface area contributed by atoms with Crippen LogP contribution in [0.5, 0.6) is 5.75 Å². The van der Waals surface area contributed by atoms with Crippen molar-refractivity contribution in [2.45, 2.75) is 25.7 Å². The Balaban J connectivity index is 1.77. The largest absolute Gasteiger partial charge is 0.493 e. The number of rotatable bonds is 7. The smallest absolute Gasteiger partial charge is 0.222 e. The molecule has 0 bridgehead atoms. The number of sulfonamides is 1. The van der Waals surface area contributed by atoms with Gasteiger partial charge in [-0.2, -0.15) is 0 Å². The summed E-state index contributed by atoms with van der Waals surface area (Å²) < 4.78 is 40.5. The van der Waals surface area contributed by atoms with Crippen molar-refractivity contribution in [1.82, 2.24) is 4.90 Å². The minimum Gasteiger partial charge on any atom is -0.493 e. The number of primary sulfonamides is 1. The summed E-state index contributed by atoms with van der Waals surface area (Å²) >= 11 is 0. The Bertz CT molecular complexity index is 666. The zero-order valence-corrected chi connectivity index (χ0v) is 14.3. The van der Waals surface area contributed by atoms with Crippen molar-refractivity contribution in [2.24, 2.45) is 11.1 Å². The monoisotopic (exact) mass is 358 g/mol. The van der Waals surface area contributed by atoms with Crippen LogP contribution in [0.25, 0.3) is 0 Å². The van der Waals surface area contributed by atoms with Crippen LogP contribution in [0.4, 0.5) is 4.39 Å². The number of carbonyl (C=O) groups is 1. The molecule has 0 spiro atoms. The maximum absolute atomic E-state index is 13.1. The van der Waals surface area contributed by atoms with E-state index in [1.807, 2.05) is 0 Å². The van der Waals surface area contributed by atoms with Crippen LogP contribution in [0, 0.1) is 11.7 Å². The van der Waals surface area contributed by atoms with Gasteiger partial charge in [-0.05, 0) is 31.4 Å². The molecule has 0 aromatic heterocycles. The Morgan fingerprint density at radius 3 is 2.92 bits per heavy atom. The van der Waals surface area contributed by atoms with Gasteiger partial charge in [0.25, 0.3) is 0 Å². The Labute approximate surface area is 141 Å². The third-order valence-corrected chi connectivity index (χ3v) is 4.83. The number of carbonyl (C=O) groups excluding carboxylic acids is 1. The van der Waals surface area contributed by atoms with Crippen LogP contribution in [0.3, 0.4) is 0 Å². The van der Waals surface area contributed by atoms with Crippen molar-refractivity contribution in [3.05, 3.63) is 30.1 Å². The molecule has 2 rings (SSSR count). The SMILES string of the molecule is NS(=O)(=O)CCCC(=O)N1CCC[C@H](COc2cccc(F)c2)C1. The molecule has 1 aliphatic rings. The van der Waals surface area contributed by atoms with E-state index in [2.05, 4.69) is 0 Å². The zero-order valence-electron chi connectivity index (χ0n) is 13.5. The lowest BCUT2D eigenvalue weighted by Crippen LogP contribution is -2.41. The number of halogens is 1. The molecule has 1 aliphatic heterocycles. The van der Waals surface area contributed by atoms with Gasteiger partial charge in [0.1, 0.15) is 11.6 Å². The van der Waals surface area contributed by atoms with Crippen molar-refractivity contribution in [3.8, 4) is 5.75 Å². The van der Waals surface area contributed by atoms with Gasteiger partial charge in [-0.1, -0.05) is 6.07 Å². The lowest BCUT2D eigenvalue weighted by atomic mass is 9.98. The van der Waals surface area contributed by atoms with E-state index in [4.69, 9.17) is 9.88 Å². The first-order valence-electron chi connectivity index (χ1n) is 8.00. The molecular weight excluding hydrogens is 335 g/mol. The number of benzene rings is 1. The van der Waals surface area contributed by atoms with Crippen LogP contribution >= 0.6 is 0 Å². The highest BCUT2D eigenvalue weighted by Crippen LogP contribution is 2.20. The van der Waals surface area contributed by atoms with E-state index in [1.54, 1.807) is 17.0 Å². The molecule has 1 amide bonds. The summed E-state index contributed by atoms with van der Waals surface area (Å²) in [6.45, 7) is 1.67. The quantitative estimate of drug-likeness (QED) is 0.800. The van der Waals surface area contributed by atoms with Gasteiger partial charge in [-0.3, -0.25) is 4.79 Å². The Morgan fingerprint density at radius 2 is 2.21 bits per heavy atom. The fourth-order valence-electron chi connectivity index (χ4n) is 2.78. The molecule has 8 heteroatoms. The normalized spacial score (nSPS) is 18.4. The minimum absolute atomic E-state index is 0.0610. The van der Waals surface area contributed by atoms with Crippen LogP contribution in [0.1, 0.15) is 25.7 Å². The summed E-state index contributed by atoms with van der Waals surface area (Å²) in [6.07, 6.45) is 2.22. The number of nitrogens with two attached hydrogens (primary N) is 1. The lowest BCUT2D eigenvalue weighted by Gasteiger charge is -2.32. The second kappa shape index (κ2) is 8.43. The molecule has 0 saturated carbocycles. The average molecular weight is 358 g/mol. The van der Waals surface area contributed by atoms with Crippen molar-refractivity contribution < 1.29 is 22.3 Å². The number of piperidine rings is 1. The van der Waals surface area contributed by atoms with Crippen molar-refractivity contribution in [3.63, 3.8) is 0 Å². The fraction of sp³-hybridized carbons (Fsp3) is 0.562. The molecule has 0 unspecified atom stereocenters. The van der Waals surface area contributed by atoms with Gasteiger partial charge in [0.2, 0.25) is 15.9 Å². The minimum atomic E-state index is -3.53. The van der Waals surface area contributed by atoms with Gasteiger partial charge < -0.3 is 9.64 Å². The number of amides is 1. The second-order valence-electron chi connectivity index (χ2n) is 6.09. The van der Waals surface area contributed by atoms with E-state index in [0.29, 0.717) is 25.4 Å². The second-order valence-corrected chi connectivity index (χ2v) is 7.82. The van der Waals surface area contributed by atoms with E-state index >= 15 is 0 Å². The average Bonchev–Trinajstić information content (AvgIpc) is 2.52. The topological polar surface area (TPSA) is 89.7 Å². The molecule has 0 radical (unpaired) electrons. The molecule has 6 nitrogen and oxygen atoms in total. The first-order valence-corrected chi connectivity index (χ1v) is 9.71. The van der Waals surface area contributed by atoms with Crippen molar-refractivity contribution in [1.29, 1.82) is 0 Å². The molecule has 1 saturated heterocycles. The van der Waals surface area contributed by atoms with E-state index < -0.39 is 10.0 Å². The van der Waals surface area contributed by atoms with E-state index in [1.165, 1.54) is 12.1 Å². The van der Waals surface area contributed by atoms with Gasteiger partial charge in [-0.15, -0.1) is 0 Å². The van der Waals surface area contributed by atoms with E-state index in [9.17, 15) is 17.6 Å². The lowest BCUT2D eigenvalue weighted by molar-refractivity contribution is -0.133. The number of nitrogens with zero attached hydrogens (tertiary/aromatic N) is 1. The Morgan fingerprint density at radius 1 is 1.42 bits per heavy atom. The van der Waals surface area contributed by atoms with Gasteiger partial charge in [0, 0.05) is 31.5 Å². The number of hydrogen-bond acceptors (Lipinski definition) is 4. The van der Waals surface area contributed by atoms with Gasteiger partial charge in [0.15, 0.2) is 0 Å². The van der Waals surface area contributed by atoms with Crippen LogP contribution in [0.15, 0.2) is 24.3 Å². The van der Waals surface area contributed by atoms with E-state index in [-0.39, 0.29) is 36.2 Å². The van der Waals surface area contributed by atoms with Crippen LogP contribution in [0.2, 0.25) is 0 Å². The standard InChI is InChI=1S/C16H23FN2O4S/c17-14-5-1-6-15(10-14)23-12-13-4-2-8-19(11-13)16(20)7-3-9-24(18,21)22/h1,5-6,10,13H,2-4,7-9,11-12H2,(H2,18,21,22)/t13-/m0/s1. The Kier molecular flexibility index (Phi) is 6.56.